The number of amides is 3. The van der Waals surface area contributed by atoms with Crippen molar-refractivity contribution < 1.29 is 18.7 Å². The van der Waals surface area contributed by atoms with Gasteiger partial charge < -0.3 is 14.5 Å². The van der Waals surface area contributed by atoms with Gasteiger partial charge in [0.2, 0.25) is 5.89 Å². The van der Waals surface area contributed by atoms with Crippen LogP contribution < -0.4 is 10.1 Å². The van der Waals surface area contributed by atoms with E-state index in [1.165, 1.54) is 22.5 Å². The summed E-state index contributed by atoms with van der Waals surface area (Å²) in [5.74, 6) is 0.822. The van der Waals surface area contributed by atoms with E-state index in [0.29, 0.717) is 35.9 Å². The van der Waals surface area contributed by atoms with Crippen molar-refractivity contribution in [3.05, 3.63) is 59.3 Å². The largest absolute Gasteiger partial charge is 0.493 e. The van der Waals surface area contributed by atoms with E-state index in [1.807, 2.05) is 41.8 Å². The predicted octanol–water partition coefficient (Wildman–Crippen LogP) is 3.13. The second-order valence-electron chi connectivity index (χ2n) is 6.44. The van der Waals surface area contributed by atoms with E-state index < -0.39 is 11.6 Å². The van der Waals surface area contributed by atoms with Gasteiger partial charge in [-0.05, 0) is 17.5 Å². The van der Waals surface area contributed by atoms with Gasteiger partial charge in [-0.15, -0.1) is 11.3 Å². The Kier molecular flexibility index (Phi) is 3.54. The van der Waals surface area contributed by atoms with Crippen LogP contribution in [0.5, 0.6) is 5.75 Å². The Morgan fingerprint density at radius 2 is 2.11 bits per heavy atom. The summed E-state index contributed by atoms with van der Waals surface area (Å²) in [6.45, 7) is 0.424. The maximum atomic E-state index is 13.2. The van der Waals surface area contributed by atoms with Crippen LogP contribution in [-0.2, 0) is 16.9 Å². The Morgan fingerprint density at radius 3 is 2.96 bits per heavy atom. The molecule has 1 saturated heterocycles. The third-order valence-corrected chi connectivity index (χ3v) is 5.72. The highest BCUT2D eigenvalue weighted by Crippen LogP contribution is 2.41. The van der Waals surface area contributed by atoms with E-state index in [9.17, 15) is 9.59 Å². The van der Waals surface area contributed by atoms with E-state index in [2.05, 4.69) is 10.3 Å². The number of aromatic nitrogens is 1. The van der Waals surface area contributed by atoms with Gasteiger partial charge in [-0.2, -0.15) is 0 Å². The van der Waals surface area contributed by atoms with Crippen LogP contribution in [-0.4, -0.2) is 28.4 Å². The Bertz CT molecular complexity index is 1030. The number of nitrogens with one attached hydrogen (secondary N) is 1. The quantitative estimate of drug-likeness (QED) is 0.705. The Balaban J connectivity index is 1.44. The fourth-order valence-electron chi connectivity index (χ4n) is 3.57. The number of carbonyl (C=O) groups excluding carboxylic acids is 2. The lowest BCUT2D eigenvalue weighted by Crippen LogP contribution is -2.47. The molecule has 1 atom stereocenters. The molecule has 7 nitrogen and oxygen atoms in total. The summed E-state index contributed by atoms with van der Waals surface area (Å²) in [5.41, 5.74) is 0.141. The van der Waals surface area contributed by atoms with Crippen LogP contribution in [0.1, 0.15) is 17.7 Å². The number of carbonyl (C=O) groups is 2. The SMILES string of the molecule is O=C1N[C@]2(CCOc3ccccc32)C(=O)N1Cc1coc(-c2cccs2)n1. The van der Waals surface area contributed by atoms with Crippen LogP contribution in [0.2, 0.25) is 0 Å². The third-order valence-electron chi connectivity index (χ3n) is 4.86. The highest BCUT2D eigenvalue weighted by Gasteiger charge is 2.54. The molecule has 0 radical (unpaired) electrons. The summed E-state index contributed by atoms with van der Waals surface area (Å²) < 4.78 is 11.1. The molecule has 2 aliphatic rings. The van der Waals surface area contributed by atoms with Crippen molar-refractivity contribution in [1.29, 1.82) is 0 Å². The van der Waals surface area contributed by atoms with Crippen molar-refractivity contribution in [3.63, 3.8) is 0 Å². The normalized spacial score (nSPS) is 21.3. The molecule has 2 aliphatic heterocycles. The van der Waals surface area contributed by atoms with Gasteiger partial charge in [0, 0.05) is 12.0 Å². The second-order valence-corrected chi connectivity index (χ2v) is 7.39. The lowest BCUT2D eigenvalue weighted by molar-refractivity contribution is -0.133. The Hall–Kier alpha value is -3.13. The molecule has 3 amide bonds. The fraction of sp³-hybridized carbons (Fsp3) is 0.211. The number of nitrogens with zero attached hydrogens (tertiary/aromatic N) is 2. The molecule has 0 saturated carbocycles. The van der Waals surface area contributed by atoms with Crippen LogP contribution in [0.25, 0.3) is 10.8 Å². The van der Waals surface area contributed by atoms with Crippen molar-refractivity contribution in [2.45, 2.75) is 18.5 Å². The summed E-state index contributed by atoms with van der Waals surface area (Å²) in [4.78, 5) is 32.3. The molecule has 2 aromatic heterocycles. The first-order valence-electron chi connectivity index (χ1n) is 8.52. The Labute approximate surface area is 158 Å². The zero-order chi connectivity index (χ0) is 18.4. The smallest absolute Gasteiger partial charge is 0.325 e. The van der Waals surface area contributed by atoms with Crippen molar-refractivity contribution >= 4 is 23.3 Å². The molecule has 1 fully saturated rings. The van der Waals surface area contributed by atoms with Gasteiger partial charge in [-0.1, -0.05) is 24.3 Å². The highest BCUT2D eigenvalue weighted by atomic mass is 32.1. The summed E-state index contributed by atoms with van der Waals surface area (Å²) >= 11 is 1.51. The minimum absolute atomic E-state index is 0.0598. The third kappa shape index (κ3) is 2.44. The van der Waals surface area contributed by atoms with Gasteiger partial charge in [0.25, 0.3) is 5.91 Å². The van der Waals surface area contributed by atoms with Gasteiger partial charge in [0.05, 0.1) is 23.7 Å². The maximum absolute atomic E-state index is 13.2. The van der Waals surface area contributed by atoms with Crippen LogP contribution in [0.4, 0.5) is 4.79 Å². The molecule has 5 rings (SSSR count). The lowest BCUT2D eigenvalue weighted by atomic mass is 9.84. The number of hydrogen-bond donors (Lipinski definition) is 1. The van der Waals surface area contributed by atoms with E-state index in [0.717, 1.165) is 4.88 Å². The topological polar surface area (TPSA) is 84.7 Å². The number of urea groups is 1. The van der Waals surface area contributed by atoms with Crippen LogP contribution in [0.3, 0.4) is 0 Å². The Morgan fingerprint density at radius 1 is 1.22 bits per heavy atom. The number of hydrogen-bond acceptors (Lipinski definition) is 6. The van der Waals surface area contributed by atoms with Crippen molar-refractivity contribution in [2.24, 2.45) is 0 Å². The molecule has 0 unspecified atom stereocenters. The number of ether oxygens (including phenoxy) is 1. The first-order chi connectivity index (χ1) is 13.2. The molecule has 0 bridgehead atoms. The molecule has 1 aromatic carbocycles. The number of imide groups is 1. The van der Waals surface area contributed by atoms with Crippen molar-refractivity contribution in [3.8, 4) is 16.5 Å². The van der Waals surface area contributed by atoms with Gasteiger partial charge in [-0.25, -0.2) is 9.78 Å². The monoisotopic (exact) mass is 381 g/mol. The van der Waals surface area contributed by atoms with E-state index in [-0.39, 0.29) is 12.5 Å². The number of benzene rings is 1. The second kappa shape index (κ2) is 5.95. The van der Waals surface area contributed by atoms with Crippen molar-refractivity contribution in [2.75, 3.05) is 6.61 Å². The average Bonchev–Trinajstić information content (AvgIpc) is 3.40. The number of thiophene rings is 1. The predicted molar refractivity (Wildman–Crippen MR) is 97.1 cm³/mol. The van der Waals surface area contributed by atoms with E-state index >= 15 is 0 Å². The zero-order valence-electron chi connectivity index (χ0n) is 14.2. The van der Waals surface area contributed by atoms with Crippen LogP contribution >= 0.6 is 11.3 Å². The van der Waals surface area contributed by atoms with E-state index in [4.69, 9.17) is 9.15 Å². The first kappa shape index (κ1) is 16.1. The summed E-state index contributed by atoms with van der Waals surface area (Å²) in [7, 11) is 0. The number of oxazole rings is 1. The highest BCUT2D eigenvalue weighted by molar-refractivity contribution is 7.13. The van der Waals surface area contributed by atoms with Gasteiger partial charge in [-0.3, -0.25) is 9.69 Å². The molecular formula is C19H15N3O4S. The van der Waals surface area contributed by atoms with Crippen LogP contribution in [0, 0.1) is 0 Å². The molecule has 1 spiro atoms. The number of para-hydroxylation sites is 1. The molecule has 27 heavy (non-hydrogen) atoms. The van der Waals surface area contributed by atoms with Crippen molar-refractivity contribution in [1.82, 2.24) is 15.2 Å². The number of rotatable bonds is 3. The maximum Gasteiger partial charge on any atom is 0.325 e. The standard InChI is InChI=1S/C19H15N3O4S/c23-17-19(7-8-25-14-5-2-1-4-13(14)19)21-18(24)22(17)10-12-11-26-16(20-12)15-6-3-9-27-15/h1-6,9,11H,7-8,10H2,(H,21,24)/t19-/m0/s1. The number of fused-ring (bicyclic) bond motifs is 2. The minimum Gasteiger partial charge on any atom is -0.493 e. The lowest BCUT2D eigenvalue weighted by Gasteiger charge is -2.33. The van der Waals surface area contributed by atoms with Gasteiger partial charge in [0.15, 0.2) is 5.54 Å². The molecule has 4 heterocycles. The zero-order valence-corrected chi connectivity index (χ0v) is 15.0. The summed E-state index contributed by atoms with van der Waals surface area (Å²) in [6, 6.07) is 10.7. The molecule has 1 N–H and O–H groups in total. The first-order valence-corrected chi connectivity index (χ1v) is 9.40. The fourth-order valence-corrected chi connectivity index (χ4v) is 4.23. The minimum atomic E-state index is -1.08. The van der Waals surface area contributed by atoms with Crippen LogP contribution in [0.15, 0.2) is 52.5 Å². The molecule has 3 aromatic rings. The summed E-state index contributed by atoms with van der Waals surface area (Å²) in [5, 5.41) is 4.81. The van der Waals surface area contributed by atoms with Gasteiger partial charge >= 0.3 is 6.03 Å². The molecule has 0 aliphatic carbocycles. The molecule has 8 heteroatoms. The van der Waals surface area contributed by atoms with E-state index in [1.54, 1.807) is 0 Å². The average molecular weight is 381 g/mol. The van der Waals surface area contributed by atoms with Gasteiger partial charge in [0.1, 0.15) is 12.0 Å². The molecule has 136 valence electrons. The summed E-state index contributed by atoms with van der Waals surface area (Å²) in [6.07, 6.45) is 1.88. The molecular weight excluding hydrogens is 366 g/mol.